The van der Waals surface area contributed by atoms with Crippen LogP contribution in [-0.4, -0.2) is 39.8 Å². The van der Waals surface area contributed by atoms with Crippen LogP contribution in [0, 0.1) is 125 Å². The zero-order valence-corrected chi connectivity index (χ0v) is 45.9. The van der Waals surface area contributed by atoms with Crippen LogP contribution in [0.25, 0.3) is 0 Å². The second-order valence-corrected chi connectivity index (χ2v) is 101. The Balaban J connectivity index is 1.60. The third-order valence-corrected chi connectivity index (χ3v) is 259. The first kappa shape index (κ1) is 40.7. The summed E-state index contributed by atoms with van der Waals surface area (Å²) in [6.07, 6.45) is 0. The van der Waals surface area contributed by atoms with Gasteiger partial charge in [-0.05, 0) is 125 Å². The molecule has 5 saturated heterocycles. The van der Waals surface area contributed by atoms with E-state index in [9.17, 15) is 0 Å². The first-order valence-corrected chi connectivity index (χ1v) is 43.7. The molecular weight excluding hydrogens is 817 g/mol. The smallest absolute Gasteiger partial charge is 0.0616 e. The highest BCUT2D eigenvalue weighted by atomic mass is 31.1. The maximum Gasteiger partial charge on any atom is 0.0719 e. The lowest BCUT2D eigenvalue weighted by Crippen LogP contribution is -2.92. The predicted molar refractivity (Wildman–Crippen MR) is 276 cm³/mol. The molecule has 6 aromatic rings. The zero-order valence-electron chi connectivity index (χ0n) is 39.9. The molecule has 0 spiro atoms. The summed E-state index contributed by atoms with van der Waals surface area (Å²) in [5.41, 5.74) is 28.6. The van der Waals surface area contributed by atoms with E-state index in [0.717, 1.165) is 0 Å². The minimum atomic E-state index is -2.29. The lowest BCUT2D eigenvalue weighted by Gasteiger charge is -2.52. The average molecular weight is 884 g/mol. The zero-order chi connectivity index (χ0) is 43.3. The van der Waals surface area contributed by atoms with Crippen molar-refractivity contribution in [1.29, 1.82) is 0 Å². The Labute approximate surface area is 366 Å². The van der Waals surface area contributed by atoms with Crippen LogP contribution in [0.1, 0.15) is 100 Å². The maximum absolute atomic E-state index is 2.66. The van der Waals surface area contributed by atoms with Crippen molar-refractivity contribution in [2.24, 2.45) is 0 Å². The first-order valence-electron chi connectivity index (χ1n) is 22.7. The molecule has 306 valence electrons. The summed E-state index contributed by atoms with van der Waals surface area (Å²) in [5.74, 6) is 0. The highest BCUT2D eigenvalue weighted by Gasteiger charge is 3.41. The Bertz CT molecular complexity index is 2290. The van der Waals surface area contributed by atoms with Crippen molar-refractivity contribution < 1.29 is 0 Å². The van der Waals surface area contributed by atoms with Crippen molar-refractivity contribution in [2.45, 2.75) is 125 Å². The molecule has 6 heteroatoms. The van der Waals surface area contributed by atoms with Gasteiger partial charge < -0.3 is 0 Å². The Morgan fingerprint density at radius 1 is 0.167 bits per heavy atom. The van der Waals surface area contributed by atoms with Crippen molar-refractivity contribution in [1.82, 2.24) is 0 Å². The Morgan fingerprint density at radius 2 is 0.250 bits per heavy atom. The summed E-state index contributed by atoms with van der Waals surface area (Å²) in [6, 6.07) is 31.9. The molecule has 0 aliphatic carbocycles. The molecule has 6 aromatic carbocycles. The molecule has 5 aliphatic heterocycles. The van der Waals surface area contributed by atoms with Gasteiger partial charge >= 0.3 is 0 Å². The Hall–Kier alpha value is -3.38. The summed E-state index contributed by atoms with van der Waals surface area (Å²) in [6.45, 7) is 31.6. The van der Waals surface area contributed by atoms with Crippen LogP contribution < -0.4 is 31.1 Å². The number of rotatable bonds is 6. The molecule has 0 aromatic heterocycles. The maximum atomic E-state index is 2.66. The third kappa shape index (κ3) is 3.71. The van der Waals surface area contributed by atoms with Gasteiger partial charge in [0.05, 0.1) is 39.8 Å². The van der Waals surface area contributed by atoms with Crippen molar-refractivity contribution in [3.05, 3.63) is 173 Å². The summed E-state index contributed by atoms with van der Waals surface area (Å²) < 4.78 is 0. The van der Waals surface area contributed by atoms with Crippen LogP contribution in [0.5, 0.6) is 0 Å². The quantitative estimate of drug-likeness (QED) is 0.148. The van der Waals surface area contributed by atoms with Gasteiger partial charge in [0.1, 0.15) is 0 Å². The fourth-order valence-electron chi connectivity index (χ4n) is 18.3. The lowest BCUT2D eigenvalue weighted by atomic mass is 10.1. The van der Waals surface area contributed by atoms with E-state index in [2.05, 4.69) is 197 Å². The van der Waals surface area contributed by atoms with E-state index >= 15 is 0 Å². The van der Waals surface area contributed by atoms with Gasteiger partial charge in [0, 0.05) is 0 Å². The number of hydrogen-bond donors (Lipinski definition) is 0. The van der Waals surface area contributed by atoms with Crippen LogP contribution in [0.4, 0.5) is 0 Å². The second-order valence-electron chi connectivity index (χ2n) is 21.1. The molecule has 0 radical (unpaired) electrons. The molecule has 0 saturated carbocycles. The molecule has 0 nitrogen and oxygen atoms in total. The summed E-state index contributed by atoms with van der Waals surface area (Å²) >= 11 is 0. The Morgan fingerprint density at radius 3 is 0.333 bits per heavy atom. The summed E-state index contributed by atoms with van der Waals surface area (Å²) in [5, 5.41) is 12.0. The van der Waals surface area contributed by atoms with Gasteiger partial charge in [0.15, 0.2) is 0 Å². The summed E-state index contributed by atoms with van der Waals surface area (Å²) in [7, 11) is 0. The number of aryl methyl sites for hydroxylation is 18. The van der Waals surface area contributed by atoms with Crippen LogP contribution in [0.3, 0.4) is 0 Å². The van der Waals surface area contributed by atoms with Crippen LogP contribution in [0.2, 0.25) is 0 Å². The number of hydrogen-bond acceptors (Lipinski definition) is 0. The van der Waals surface area contributed by atoms with E-state index in [-0.39, 0.29) is 0 Å². The van der Waals surface area contributed by atoms with Gasteiger partial charge in [-0.3, -0.25) is 0 Å². The van der Waals surface area contributed by atoms with Gasteiger partial charge in [0.2, 0.25) is 0 Å². The fraction of sp³-hybridized carbons (Fsp3) is 0.333. The highest BCUT2D eigenvalue weighted by Crippen LogP contribution is 2.98. The lowest BCUT2D eigenvalue weighted by molar-refractivity contribution is 1.34. The van der Waals surface area contributed by atoms with Crippen LogP contribution in [0.15, 0.2) is 72.8 Å². The molecule has 0 amide bonds. The monoisotopic (exact) mass is 882 g/mol. The molecular formula is C54H66Si6. The molecule has 5 fully saturated rings. The van der Waals surface area contributed by atoms with E-state index in [1.54, 1.807) is 66.8 Å². The van der Waals surface area contributed by atoms with Crippen LogP contribution >= 0.6 is 0 Å². The van der Waals surface area contributed by atoms with Crippen molar-refractivity contribution >= 4 is 70.9 Å². The normalized spacial score (nSPS) is 28.9. The SMILES string of the molecule is Cc1cc(C)c([Si]23[Si]4(c5c(C)cc(C)cc5C)[Si]2(c2c(C)cc(C)cc2C)[Si]2(c5c(C)cc(C)cc5C)[Si]3(c3c(C)cc(C)cc3C)[Si]42c2c(C)cc(C)cc2C)c(C)c1. The highest BCUT2D eigenvalue weighted by molar-refractivity contribution is 8.97. The molecule has 0 atom stereocenters. The molecule has 5 aliphatic rings. The van der Waals surface area contributed by atoms with E-state index in [4.69, 9.17) is 0 Å². The molecule has 5 heterocycles. The van der Waals surface area contributed by atoms with Crippen molar-refractivity contribution in [2.75, 3.05) is 0 Å². The fourth-order valence-corrected chi connectivity index (χ4v) is 673. The molecule has 0 N–H and O–H groups in total. The standard InChI is InChI=1S/C54H66Si6/c1-31-19-37(7)49(38(8)20-31)55-56(50-39(9)21-32(2)22-40(50)10)57(55,51-41(11)23-33(3)24-42(51)12)60(54-47(17)29-36(6)30-48(54)18)58(55,52-43(13)25-34(4)26-44(52)14)59(56,60)53-45(15)27-35(5)28-46(53)16/h19-30H,1-18H3. The van der Waals surface area contributed by atoms with Gasteiger partial charge in [0.25, 0.3) is 0 Å². The van der Waals surface area contributed by atoms with Crippen LogP contribution in [-0.2, 0) is 0 Å². The molecule has 60 heavy (non-hydrogen) atoms. The molecule has 0 unspecified atom stereocenters. The average Bonchev–Trinajstić information content (AvgIpc) is 3.64. The van der Waals surface area contributed by atoms with E-state index in [1.165, 1.54) is 33.4 Å². The number of benzene rings is 6. The van der Waals surface area contributed by atoms with E-state index in [0.29, 0.717) is 0 Å². The first-order chi connectivity index (χ1) is 28.2. The van der Waals surface area contributed by atoms with E-state index in [1.807, 2.05) is 31.1 Å². The minimum absolute atomic E-state index is 1.45. The van der Waals surface area contributed by atoms with Crippen molar-refractivity contribution in [3.8, 4) is 0 Å². The molecule has 0 bridgehead atoms. The van der Waals surface area contributed by atoms with Crippen molar-refractivity contribution in [3.63, 3.8) is 0 Å². The topological polar surface area (TPSA) is 0 Å². The van der Waals surface area contributed by atoms with Gasteiger partial charge in [-0.25, -0.2) is 0 Å². The molecule has 11 rings (SSSR count). The van der Waals surface area contributed by atoms with Gasteiger partial charge in [-0.1, -0.05) is 204 Å². The largest absolute Gasteiger partial charge is 0.0719 e. The van der Waals surface area contributed by atoms with Gasteiger partial charge in [-0.2, -0.15) is 0 Å². The third-order valence-electron chi connectivity index (χ3n) is 17.2. The minimum Gasteiger partial charge on any atom is -0.0616 e. The summed E-state index contributed by atoms with van der Waals surface area (Å²) in [4.78, 5) is 0. The Kier molecular flexibility index (Phi) is 8.27. The van der Waals surface area contributed by atoms with E-state index < -0.39 is 39.8 Å². The predicted octanol–water partition coefficient (Wildman–Crippen LogP) is 8.43. The van der Waals surface area contributed by atoms with Gasteiger partial charge in [-0.15, -0.1) is 0 Å². The second kappa shape index (κ2) is 12.2.